The molecule has 1 N–H and O–H groups in total. The molecule has 1 rings (SSSR count). The second kappa shape index (κ2) is 5.64. The number of piperidine rings is 1. The molecule has 1 aliphatic heterocycles. The van der Waals surface area contributed by atoms with Gasteiger partial charge in [-0.05, 0) is 40.3 Å². The van der Waals surface area contributed by atoms with Crippen molar-refractivity contribution in [3.8, 4) is 0 Å². The first-order chi connectivity index (χ1) is 7.47. The summed E-state index contributed by atoms with van der Waals surface area (Å²) >= 11 is 0. The molecule has 1 aliphatic rings. The van der Waals surface area contributed by atoms with Crippen LogP contribution in [0.5, 0.6) is 0 Å². The average molecular weight is 228 g/mol. The van der Waals surface area contributed by atoms with Gasteiger partial charge in [-0.25, -0.2) is 0 Å². The zero-order valence-electron chi connectivity index (χ0n) is 10.9. The fourth-order valence-corrected chi connectivity index (χ4v) is 1.92. The van der Waals surface area contributed by atoms with Gasteiger partial charge in [-0.2, -0.15) is 0 Å². The van der Waals surface area contributed by atoms with Crippen molar-refractivity contribution in [1.82, 2.24) is 10.2 Å². The molecule has 0 radical (unpaired) electrons. The van der Waals surface area contributed by atoms with Gasteiger partial charge >= 0.3 is 0 Å². The Balaban J connectivity index is 2.36. The summed E-state index contributed by atoms with van der Waals surface area (Å²) in [6.45, 7) is 5.43. The quantitative estimate of drug-likeness (QED) is 0.781. The fourth-order valence-electron chi connectivity index (χ4n) is 1.92. The van der Waals surface area contributed by atoms with Crippen molar-refractivity contribution < 1.29 is 9.53 Å². The second-order valence-electron chi connectivity index (χ2n) is 5.05. The molecule has 1 amide bonds. The van der Waals surface area contributed by atoms with Gasteiger partial charge < -0.3 is 15.0 Å². The third kappa shape index (κ3) is 3.46. The zero-order valence-corrected chi connectivity index (χ0v) is 10.9. The Morgan fingerprint density at radius 3 is 2.75 bits per heavy atom. The first-order valence-electron chi connectivity index (χ1n) is 6.01. The van der Waals surface area contributed by atoms with E-state index in [1.807, 2.05) is 0 Å². The molecule has 1 saturated heterocycles. The van der Waals surface area contributed by atoms with Gasteiger partial charge in [0.05, 0.1) is 0 Å². The zero-order chi connectivity index (χ0) is 12.2. The molecule has 16 heavy (non-hydrogen) atoms. The molecular weight excluding hydrogens is 204 g/mol. The molecule has 0 saturated carbocycles. The third-order valence-corrected chi connectivity index (χ3v) is 3.48. The number of likely N-dealkylation sites (N-methyl/N-ethyl adjacent to an activating group) is 1. The SMILES string of the molecule is COC(C)(C)C(=O)NCC1CCCCN1C. The molecule has 1 heterocycles. The van der Waals surface area contributed by atoms with Crippen LogP contribution in [0.2, 0.25) is 0 Å². The lowest BCUT2D eigenvalue weighted by molar-refractivity contribution is -0.139. The van der Waals surface area contributed by atoms with Crippen molar-refractivity contribution in [2.24, 2.45) is 0 Å². The highest BCUT2D eigenvalue weighted by molar-refractivity contribution is 5.84. The maximum absolute atomic E-state index is 11.8. The van der Waals surface area contributed by atoms with E-state index in [2.05, 4.69) is 17.3 Å². The largest absolute Gasteiger partial charge is 0.369 e. The van der Waals surface area contributed by atoms with E-state index in [1.165, 1.54) is 19.3 Å². The van der Waals surface area contributed by atoms with Crippen LogP contribution in [-0.2, 0) is 9.53 Å². The monoisotopic (exact) mass is 228 g/mol. The molecule has 1 unspecified atom stereocenters. The molecule has 0 bridgehead atoms. The minimum atomic E-state index is -0.729. The van der Waals surface area contributed by atoms with Crippen LogP contribution >= 0.6 is 0 Å². The van der Waals surface area contributed by atoms with Crippen molar-refractivity contribution >= 4 is 5.91 Å². The summed E-state index contributed by atoms with van der Waals surface area (Å²) in [6, 6.07) is 0.477. The number of hydrogen-bond acceptors (Lipinski definition) is 3. The molecule has 4 heteroatoms. The van der Waals surface area contributed by atoms with Gasteiger partial charge in [0.25, 0.3) is 5.91 Å². The molecule has 0 aromatic carbocycles. The van der Waals surface area contributed by atoms with Crippen LogP contribution in [0.15, 0.2) is 0 Å². The van der Waals surface area contributed by atoms with E-state index in [1.54, 1.807) is 21.0 Å². The van der Waals surface area contributed by atoms with E-state index in [4.69, 9.17) is 4.74 Å². The van der Waals surface area contributed by atoms with Crippen molar-refractivity contribution in [3.63, 3.8) is 0 Å². The normalized spacial score (nSPS) is 23.1. The van der Waals surface area contributed by atoms with E-state index in [9.17, 15) is 4.79 Å². The molecule has 0 aliphatic carbocycles. The molecule has 0 aromatic heterocycles. The number of carbonyl (C=O) groups is 1. The Kier molecular flexibility index (Phi) is 4.74. The van der Waals surface area contributed by atoms with E-state index in [0.29, 0.717) is 6.04 Å². The van der Waals surface area contributed by atoms with Crippen molar-refractivity contribution in [2.75, 3.05) is 27.2 Å². The van der Waals surface area contributed by atoms with Crippen molar-refractivity contribution in [3.05, 3.63) is 0 Å². The summed E-state index contributed by atoms with van der Waals surface area (Å²) in [6.07, 6.45) is 3.70. The van der Waals surface area contributed by atoms with Crippen LogP contribution < -0.4 is 5.32 Å². The number of amides is 1. The highest BCUT2D eigenvalue weighted by Crippen LogP contribution is 2.14. The first-order valence-corrected chi connectivity index (χ1v) is 6.01. The molecule has 0 aromatic rings. The van der Waals surface area contributed by atoms with Gasteiger partial charge in [0.1, 0.15) is 5.60 Å². The highest BCUT2D eigenvalue weighted by Gasteiger charge is 2.28. The van der Waals surface area contributed by atoms with E-state index in [-0.39, 0.29) is 5.91 Å². The minimum Gasteiger partial charge on any atom is -0.369 e. The molecule has 1 fully saturated rings. The molecule has 1 atom stereocenters. The van der Waals surface area contributed by atoms with Crippen molar-refractivity contribution in [2.45, 2.75) is 44.8 Å². The maximum Gasteiger partial charge on any atom is 0.251 e. The number of rotatable bonds is 4. The molecule has 4 nitrogen and oxygen atoms in total. The van der Waals surface area contributed by atoms with Crippen LogP contribution in [0.3, 0.4) is 0 Å². The lowest BCUT2D eigenvalue weighted by atomic mass is 10.0. The summed E-state index contributed by atoms with van der Waals surface area (Å²) in [4.78, 5) is 14.1. The number of likely N-dealkylation sites (tertiary alicyclic amines) is 1. The Labute approximate surface area is 98.3 Å². The third-order valence-electron chi connectivity index (χ3n) is 3.48. The first kappa shape index (κ1) is 13.5. The van der Waals surface area contributed by atoms with Gasteiger partial charge in [0.15, 0.2) is 0 Å². The average Bonchev–Trinajstić information content (AvgIpc) is 2.27. The lowest BCUT2D eigenvalue weighted by Gasteiger charge is -2.33. The maximum atomic E-state index is 11.8. The minimum absolute atomic E-state index is 0.0334. The van der Waals surface area contributed by atoms with Gasteiger partial charge in [0, 0.05) is 19.7 Å². The van der Waals surface area contributed by atoms with Crippen LogP contribution in [0.25, 0.3) is 0 Å². The van der Waals surface area contributed by atoms with Crippen LogP contribution in [0.1, 0.15) is 33.1 Å². The highest BCUT2D eigenvalue weighted by atomic mass is 16.5. The smallest absolute Gasteiger partial charge is 0.251 e. The fraction of sp³-hybridized carbons (Fsp3) is 0.917. The summed E-state index contributed by atoms with van der Waals surface area (Å²) in [5, 5.41) is 2.97. The van der Waals surface area contributed by atoms with Crippen LogP contribution in [0, 0.1) is 0 Å². The van der Waals surface area contributed by atoms with Gasteiger partial charge in [-0.15, -0.1) is 0 Å². The predicted octanol–water partition coefficient (Wildman–Crippen LogP) is 1.01. The number of hydrogen-bond donors (Lipinski definition) is 1. The lowest BCUT2D eigenvalue weighted by Crippen LogP contribution is -2.50. The summed E-state index contributed by atoms with van der Waals surface area (Å²) < 4.78 is 5.14. The Morgan fingerprint density at radius 2 is 2.19 bits per heavy atom. The Morgan fingerprint density at radius 1 is 1.50 bits per heavy atom. The van der Waals surface area contributed by atoms with E-state index >= 15 is 0 Å². The number of carbonyl (C=O) groups excluding carboxylic acids is 1. The summed E-state index contributed by atoms with van der Waals surface area (Å²) in [7, 11) is 3.68. The molecular formula is C12H24N2O2. The number of nitrogens with one attached hydrogen (secondary N) is 1. The van der Waals surface area contributed by atoms with Crippen LogP contribution in [-0.4, -0.2) is 49.7 Å². The summed E-state index contributed by atoms with van der Waals surface area (Å²) in [5.74, 6) is -0.0334. The van der Waals surface area contributed by atoms with Gasteiger partial charge in [-0.3, -0.25) is 4.79 Å². The Hall–Kier alpha value is -0.610. The van der Waals surface area contributed by atoms with E-state index in [0.717, 1.165) is 13.1 Å². The van der Waals surface area contributed by atoms with E-state index < -0.39 is 5.60 Å². The number of ether oxygens (including phenoxy) is 1. The Bertz CT molecular complexity index is 241. The second-order valence-corrected chi connectivity index (χ2v) is 5.05. The number of nitrogens with zero attached hydrogens (tertiary/aromatic N) is 1. The van der Waals surface area contributed by atoms with Crippen LogP contribution in [0.4, 0.5) is 0 Å². The van der Waals surface area contributed by atoms with Gasteiger partial charge in [0.2, 0.25) is 0 Å². The predicted molar refractivity (Wildman–Crippen MR) is 64.4 cm³/mol. The standard InChI is InChI=1S/C12H24N2O2/c1-12(2,16-4)11(15)13-9-10-7-5-6-8-14(10)3/h10H,5-9H2,1-4H3,(H,13,15). The van der Waals surface area contributed by atoms with Gasteiger partial charge in [-0.1, -0.05) is 6.42 Å². The molecule has 94 valence electrons. The molecule has 0 spiro atoms. The van der Waals surface area contributed by atoms with Crippen molar-refractivity contribution in [1.29, 1.82) is 0 Å². The topological polar surface area (TPSA) is 41.6 Å². The number of methoxy groups -OCH3 is 1. The summed E-state index contributed by atoms with van der Waals surface area (Å²) in [5.41, 5.74) is -0.729.